The van der Waals surface area contributed by atoms with Crippen molar-refractivity contribution in [2.24, 2.45) is 0 Å². The number of carbonyl (C=O) groups excluding carboxylic acids is 1. The van der Waals surface area contributed by atoms with Gasteiger partial charge in [0.15, 0.2) is 11.5 Å². The molecule has 0 radical (unpaired) electrons. The number of methoxy groups -OCH3 is 1. The van der Waals surface area contributed by atoms with Crippen molar-refractivity contribution in [3.8, 4) is 11.5 Å². The molecule has 1 N–H and O–H groups in total. The number of nitrogens with one attached hydrogen (secondary N) is 1. The summed E-state index contributed by atoms with van der Waals surface area (Å²) in [6.45, 7) is 2.55. The van der Waals surface area contributed by atoms with Gasteiger partial charge in [-0.3, -0.25) is 10.1 Å². The number of alkyl halides is 3. The molecule has 0 unspecified atom stereocenters. The molecular formula is C15H16F3N3O3S. The smallest absolute Gasteiger partial charge is 0.445 e. The summed E-state index contributed by atoms with van der Waals surface area (Å²) in [6.07, 6.45) is -2.74. The molecule has 136 valence electrons. The molecule has 0 saturated carbocycles. The third kappa shape index (κ3) is 5.05. The van der Waals surface area contributed by atoms with Crippen LogP contribution in [-0.4, -0.2) is 29.8 Å². The lowest BCUT2D eigenvalue weighted by Gasteiger charge is -2.11. The van der Waals surface area contributed by atoms with Crippen LogP contribution in [0.3, 0.4) is 0 Å². The molecule has 0 bridgehead atoms. The second kappa shape index (κ2) is 8.15. The molecule has 1 aromatic heterocycles. The summed E-state index contributed by atoms with van der Waals surface area (Å²) >= 11 is 0.254. The van der Waals surface area contributed by atoms with Gasteiger partial charge in [-0.1, -0.05) is 24.7 Å². The quantitative estimate of drug-likeness (QED) is 0.741. The predicted octanol–water partition coefficient (Wildman–Crippen LogP) is 4.00. The fourth-order valence-electron chi connectivity index (χ4n) is 1.81. The summed E-state index contributed by atoms with van der Waals surface area (Å²) in [4.78, 5) is 12.2. The van der Waals surface area contributed by atoms with E-state index in [0.717, 1.165) is 12.8 Å². The topological polar surface area (TPSA) is 73.3 Å². The molecule has 0 aliphatic heterocycles. The van der Waals surface area contributed by atoms with Gasteiger partial charge in [0, 0.05) is 5.56 Å². The van der Waals surface area contributed by atoms with E-state index in [1.807, 2.05) is 6.92 Å². The standard InChI is InChI=1S/C15H16F3N3O3S/c1-3-4-7-24-10-6-5-9(8-11(10)23-2)12(22)19-14-21-20-13(25-14)15(16,17)18/h5-6,8H,3-4,7H2,1-2H3,(H,19,21,22). The number of ether oxygens (including phenoxy) is 2. The molecule has 25 heavy (non-hydrogen) atoms. The predicted molar refractivity (Wildman–Crippen MR) is 86.3 cm³/mol. The minimum atomic E-state index is -4.60. The van der Waals surface area contributed by atoms with Crippen LogP contribution in [0, 0.1) is 0 Å². The number of hydrogen-bond donors (Lipinski definition) is 1. The number of rotatable bonds is 7. The van der Waals surface area contributed by atoms with Crippen LogP contribution in [0.15, 0.2) is 18.2 Å². The first kappa shape index (κ1) is 19.0. The number of aromatic nitrogens is 2. The Labute approximate surface area is 146 Å². The molecule has 0 aliphatic rings. The molecule has 0 atom stereocenters. The Morgan fingerprint density at radius 3 is 2.64 bits per heavy atom. The van der Waals surface area contributed by atoms with Gasteiger partial charge >= 0.3 is 6.18 Å². The van der Waals surface area contributed by atoms with Crippen LogP contribution in [0.25, 0.3) is 0 Å². The van der Waals surface area contributed by atoms with Gasteiger partial charge in [-0.05, 0) is 24.6 Å². The summed E-state index contributed by atoms with van der Waals surface area (Å²) in [7, 11) is 1.43. The largest absolute Gasteiger partial charge is 0.493 e. The normalized spacial score (nSPS) is 11.2. The maximum Gasteiger partial charge on any atom is 0.445 e. The van der Waals surface area contributed by atoms with E-state index in [-0.39, 0.29) is 22.0 Å². The lowest BCUT2D eigenvalue weighted by Crippen LogP contribution is -2.12. The number of anilines is 1. The van der Waals surface area contributed by atoms with E-state index in [1.165, 1.54) is 19.2 Å². The third-order valence-corrected chi connectivity index (χ3v) is 3.95. The lowest BCUT2D eigenvalue weighted by atomic mass is 10.2. The number of amides is 1. The number of hydrogen-bond acceptors (Lipinski definition) is 6. The first-order valence-electron chi connectivity index (χ1n) is 7.38. The summed E-state index contributed by atoms with van der Waals surface area (Å²) in [6, 6.07) is 4.51. The molecule has 2 aromatic rings. The van der Waals surface area contributed by atoms with Crippen LogP contribution >= 0.6 is 11.3 Å². The number of benzene rings is 1. The summed E-state index contributed by atoms with van der Waals surface area (Å²) in [5.74, 6) is 0.225. The van der Waals surface area contributed by atoms with Crippen molar-refractivity contribution in [3.05, 3.63) is 28.8 Å². The lowest BCUT2D eigenvalue weighted by molar-refractivity contribution is -0.138. The van der Waals surface area contributed by atoms with Gasteiger partial charge in [0.05, 0.1) is 13.7 Å². The molecule has 0 spiro atoms. The van der Waals surface area contributed by atoms with E-state index in [4.69, 9.17) is 9.47 Å². The maximum absolute atomic E-state index is 12.5. The first-order chi connectivity index (χ1) is 11.8. The van der Waals surface area contributed by atoms with Crippen LogP contribution in [0.4, 0.5) is 18.3 Å². The van der Waals surface area contributed by atoms with Gasteiger partial charge in [0.1, 0.15) is 0 Å². The Balaban J connectivity index is 2.09. The van der Waals surface area contributed by atoms with Crippen LogP contribution in [0.1, 0.15) is 35.1 Å². The van der Waals surface area contributed by atoms with Crippen molar-refractivity contribution in [3.63, 3.8) is 0 Å². The van der Waals surface area contributed by atoms with Crippen LogP contribution in [-0.2, 0) is 6.18 Å². The Morgan fingerprint density at radius 1 is 1.28 bits per heavy atom. The molecule has 1 aromatic carbocycles. The minimum absolute atomic E-state index is 0.198. The molecule has 0 fully saturated rings. The highest BCUT2D eigenvalue weighted by Crippen LogP contribution is 2.33. The average Bonchev–Trinajstić information content (AvgIpc) is 3.04. The Morgan fingerprint density at radius 2 is 2.04 bits per heavy atom. The molecule has 1 amide bonds. The zero-order valence-electron chi connectivity index (χ0n) is 13.5. The molecule has 2 rings (SSSR count). The van der Waals surface area contributed by atoms with E-state index in [0.29, 0.717) is 18.1 Å². The maximum atomic E-state index is 12.5. The van der Waals surface area contributed by atoms with Crippen molar-refractivity contribution in [1.82, 2.24) is 10.2 Å². The van der Waals surface area contributed by atoms with E-state index in [1.54, 1.807) is 6.07 Å². The average molecular weight is 375 g/mol. The van der Waals surface area contributed by atoms with Crippen molar-refractivity contribution >= 4 is 22.4 Å². The number of carbonyl (C=O) groups is 1. The van der Waals surface area contributed by atoms with E-state index >= 15 is 0 Å². The fraction of sp³-hybridized carbons (Fsp3) is 0.400. The fourth-order valence-corrected chi connectivity index (χ4v) is 2.42. The van der Waals surface area contributed by atoms with Crippen LogP contribution in [0.2, 0.25) is 0 Å². The highest BCUT2D eigenvalue weighted by Gasteiger charge is 2.35. The monoisotopic (exact) mass is 375 g/mol. The van der Waals surface area contributed by atoms with E-state index < -0.39 is 17.1 Å². The molecule has 0 aliphatic carbocycles. The van der Waals surface area contributed by atoms with Gasteiger partial charge in [0.2, 0.25) is 10.1 Å². The zero-order chi connectivity index (χ0) is 18.4. The Kier molecular flexibility index (Phi) is 6.18. The second-order valence-electron chi connectivity index (χ2n) is 4.93. The highest BCUT2D eigenvalue weighted by molar-refractivity contribution is 7.15. The molecule has 10 heteroatoms. The van der Waals surface area contributed by atoms with Gasteiger partial charge in [-0.25, -0.2) is 0 Å². The minimum Gasteiger partial charge on any atom is -0.493 e. The SMILES string of the molecule is CCCCOc1ccc(C(=O)Nc2nnc(C(F)(F)F)s2)cc1OC. The van der Waals surface area contributed by atoms with Gasteiger partial charge in [-0.2, -0.15) is 13.2 Å². The molecule has 1 heterocycles. The van der Waals surface area contributed by atoms with Gasteiger partial charge in [0.25, 0.3) is 5.91 Å². The Bertz CT molecular complexity index is 734. The van der Waals surface area contributed by atoms with Crippen molar-refractivity contribution < 1.29 is 27.4 Å². The summed E-state index contributed by atoms with van der Waals surface area (Å²) in [5.41, 5.74) is 0.198. The third-order valence-electron chi connectivity index (χ3n) is 3.07. The molecule has 0 saturated heterocycles. The van der Waals surface area contributed by atoms with Gasteiger partial charge in [-0.15, -0.1) is 10.2 Å². The van der Waals surface area contributed by atoms with Crippen LogP contribution in [0.5, 0.6) is 11.5 Å². The van der Waals surface area contributed by atoms with Crippen molar-refractivity contribution in [1.29, 1.82) is 0 Å². The Hall–Kier alpha value is -2.36. The van der Waals surface area contributed by atoms with Gasteiger partial charge < -0.3 is 9.47 Å². The van der Waals surface area contributed by atoms with Crippen molar-refractivity contribution in [2.75, 3.05) is 19.0 Å². The number of nitrogens with zero attached hydrogens (tertiary/aromatic N) is 2. The number of halogens is 3. The first-order valence-corrected chi connectivity index (χ1v) is 8.19. The summed E-state index contributed by atoms with van der Waals surface area (Å²) in [5, 5.41) is 7.25. The summed E-state index contributed by atoms with van der Waals surface area (Å²) < 4.78 is 48.2. The number of unbranched alkanes of at least 4 members (excludes halogenated alkanes) is 1. The van der Waals surface area contributed by atoms with E-state index in [9.17, 15) is 18.0 Å². The van der Waals surface area contributed by atoms with E-state index in [2.05, 4.69) is 15.5 Å². The second-order valence-corrected chi connectivity index (χ2v) is 5.91. The molecular weight excluding hydrogens is 359 g/mol. The molecule has 6 nitrogen and oxygen atoms in total. The van der Waals surface area contributed by atoms with Crippen molar-refractivity contribution in [2.45, 2.75) is 25.9 Å². The van der Waals surface area contributed by atoms with Crippen LogP contribution < -0.4 is 14.8 Å². The highest BCUT2D eigenvalue weighted by atomic mass is 32.1. The zero-order valence-corrected chi connectivity index (χ0v) is 14.3.